The van der Waals surface area contributed by atoms with Crippen LogP contribution in [-0.2, 0) is 9.59 Å². The standard InChI is InChI=1S/C16H22BrN3O2S2/c1-4-20(5-2)16(23)24-10-15(22)18-9-14(21)19-13-7-6-12(17)8-11(13)3/h6-8H,4-5,9-10H2,1-3H3,(H,18,22)(H,19,21). The molecule has 1 aromatic rings. The second-order valence-corrected chi connectivity index (χ2v) is 7.54. The fourth-order valence-electron chi connectivity index (χ4n) is 1.89. The van der Waals surface area contributed by atoms with Crippen molar-refractivity contribution in [2.24, 2.45) is 0 Å². The van der Waals surface area contributed by atoms with Gasteiger partial charge in [0.25, 0.3) is 0 Å². The first-order valence-electron chi connectivity index (χ1n) is 7.61. The van der Waals surface area contributed by atoms with Crippen LogP contribution in [0.15, 0.2) is 22.7 Å². The van der Waals surface area contributed by atoms with Gasteiger partial charge in [0, 0.05) is 23.2 Å². The highest BCUT2D eigenvalue weighted by molar-refractivity contribution is 9.10. The summed E-state index contributed by atoms with van der Waals surface area (Å²) < 4.78 is 1.65. The second-order valence-electron chi connectivity index (χ2n) is 5.01. The zero-order valence-electron chi connectivity index (χ0n) is 14.0. The second kappa shape index (κ2) is 10.7. The van der Waals surface area contributed by atoms with Gasteiger partial charge in [-0.15, -0.1) is 0 Å². The summed E-state index contributed by atoms with van der Waals surface area (Å²) in [5.74, 6) is -0.262. The fraction of sp³-hybridized carbons (Fsp3) is 0.438. The number of benzene rings is 1. The molecule has 0 atom stereocenters. The molecule has 0 spiro atoms. The molecule has 2 N–H and O–H groups in total. The molecule has 0 aliphatic heterocycles. The van der Waals surface area contributed by atoms with Gasteiger partial charge in [0.15, 0.2) is 0 Å². The molecule has 0 aromatic heterocycles. The zero-order chi connectivity index (χ0) is 18.1. The van der Waals surface area contributed by atoms with E-state index in [0.29, 0.717) is 4.32 Å². The minimum Gasteiger partial charge on any atom is -0.358 e. The lowest BCUT2D eigenvalue weighted by atomic mass is 10.2. The lowest BCUT2D eigenvalue weighted by Gasteiger charge is -2.20. The zero-order valence-corrected chi connectivity index (χ0v) is 17.2. The Morgan fingerprint density at radius 3 is 2.50 bits per heavy atom. The first-order valence-corrected chi connectivity index (χ1v) is 9.80. The van der Waals surface area contributed by atoms with Crippen molar-refractivity contribution in [2.75, 3.05) is 30.7 Å². The highest BCUT2D eigenvalue weighted by Gasteiger charge is 2.11. The van der Waals surface area contributed by atoms with Crippen LogP contribution in [0.25, 0.3) is 0 Å². The average Bonchev–Trinajstić information content (AvgIpc) is 2.54. The van der Waals surface area contributed by atoms with E-state index in [2.05, 4.69) is 26.6 Å². The molecule has 0 saturated heterocycles. The number of halogens is 1. The molecule has 0 aliphatic carbocycles. The van der Waals surface area contributed by atoms with Crippen molar-refractivity contribution in [1.29, 1.82) is 0 Å². The Hall–Kier alpha value is -1.12. The Kier molecular flexibility index (Phi) is 9.31. The number of rotatable bonds is 7. The summed E-state index contributed by atoms with van der Waals surface area (Å²) in [6.07, 6.45) is 0. The summed E-state index contributed by atoms with van der Waals surface area (Å²) in [6, 6.07) is 5.59. The van der Waals surface area contributed by atoms with Crippen molar-refractivity contribution in [3.63, 3.8) is 0 Å². The summed E-state index contributed by atoms with van der Waals surface area (Å²) in [6.45, 7) is 7.52. The van der Waals surface area contributed by atoms with Gasteiger partial charge in [-0.1, -0.05) is 39.9 Å². The van der Waals surface area contributed by atoms with Crippen molar-refractivity contribution in [3.8, 4) is 0 Å². The Bertz CT molecular complexity index is 607. The van der Waals surface area contributed by atoms with E-state index in [1.807, 2.05) is 43.9 Å². The molecular weight excluding hydrogens is 410 g/mol. The van der Waals surface area contributed by atoms with E-state index < -0.39 is 0 Å². The Balaban J connectivity index is 2.36. The molecule has 5 nitrogen and oxygen atoms in total. The predicted molar refractivity (Wildman–Crippen MR) is 108 cm³/mol. The minimum absolute atomic E-state index is 0.0626. The monoisotopic (exact) mass is 431 g/mol. The van der Waals surface area contributed by atoms with Gasteiger partial charge in [-0.3, -0.25) is 9.59 Å². The number of thiocarbonyl (C=S) groups is 1. The number of carbonyl (C=O) groups excluding carboxylic acids is 2. The van der Waals surface area contributed by atoms with E-state index in [0.717, 1.165) is 28.8 Å². The topological polar surface area (TPSA) is 61.4 Å². The number of nitrogens with one attached hydrogen (secondary N) is 2. The van der Waals surface area contributed by atoms with Crippen molar-refractivity contribution in [1.82, 2.24) is 10.2 Å². The van der Waals surface area contributed by atoms with Crippen molar-refractivity contribution in [2.45, 2.75) is 20.8 Å². The first kappa shape index (κ1) is 20.9. The van der Waals surface area contributed by atoms with Gasteiger partial charge in [-0.2, -0.15) is 0 Å². The maximum absolute atomic E-state index is 11.9. The Morgan fingerprint density at radius 2 is 1.92 bits per heavy atom. The predicted octanol–water partition coefficient (Wildman–Crippen LogP) is 3.17. The molecule has 0 bridgehead atoms. The van der Waals surface area contributed by atoms with Crippen LogP contribution < -0.4 is 10.6 Å². The maximum Gasteiger partial charge on any atom is 0.243 e. The third-order valence-electron chi connectivity index (χ3n) is 3.26. The lowest BCUT2D eigenvalue weighted by Crippen LogP contribution is -2.35. The van der Waals surface area contributed by atoms with E-state index in [-0.39, 0.29) is 24.1 Å². The lowest BCUT2D eigenvalue weighted by molar-refractivity contribution is -0.122. The van der Waals surface area contributed by atoms with Crippen LogP contribution in [-0.4, -0.2) is 46.4 Å². The van der Waals surface area contributed by atoms with Crippen LogP contribution in [0.3, 0.4) is 0 Å². The number of aryl methyl sites for hydroxylation is 1. The molecule has 0 aliphatic rings. The number of nitrogens with zero attached hydrogens (tertiary/aromatic N) is 1. The van der Waals surface area contributed by atoms with Gasteiger partial charge < -0.3 is 15.5 Å². The first-order chi connectivity index (χ1) is 11.4. The highest BCUT2D eigenvalue weighted by atomic mass is 79.9. The molecule has 8 heteroatoms. The van der Waals surface area contributed by atoms with Gasteiger partial charge in [-0.05, 0) is 44.5 Å². The molecule has 0 unspecified atom stereocenters. The van der Waals surface area contributed by atoms with Crippen molar-refractivity contribution in [3.05, 3.63) is 28.2 Å². The van der Waals surface area contributed by atoms with E-state index in [1.165, 1.54) is 11.8 Å². The van der Waals surface area contributed by atoms with Gasteiger partial charge in [0.05, 0.1) is 12.3 Å². The highest BCUT2D eigenvalue weighted by Crippen LogP contribution is 2.19. The van der Waals surface area contributed by atoms with E-state index in [4.69, 9.17) is 12.2 Å². The van der Waals surface area contributed by atoms with Crippen molar-refractivity contribution < 1.29 is 9.59 Å². The molecule has 2 amide bonds. The van der Waals surface area contributed by atoms with Crippen LogP contribution in [0, 0.1) is 6.92 Å². The number of thioether (sulfide) groups is 1. The summed E-state index contributed by atoms with van der Waals surface area (Å²) in [7, 11) is 0. The molecule has 1 aromatic carbocycles. The van der Waals surface area contributed by atoms with E-state index in [9.17, 15) is 9.59 Å². The van der Waals surface area contributed by atoms with Crippen LogP contribution >= 0.6 is 39.9 Å². The summed E-state index contributed by atoms with van der Waals surface area (Å²) in [5.41, 5.74) is 1.68. The van der Waals surface area contributed by atoms with Gasteiger partial charge in [0.1, 0.15) is 4.32 Å². The Labute approximate surface area is 161 Å². The molecule has 1 rings (SSSR count). The third kappa shape index (κ3) is 7.19. The van der Waals surface area contributed by atoms with Gasteiger partial charge in [-0.25, -0.2) is 0 Å². The number of anilines is 1. The number of hydrogen-bond donors (Lipinski definition) is 2. The molecular formula is C16H22BrN3O2S2. The Morgan fingerprint density at radius 1 is 1.25 bits per heavy atom. The van der Waals surface area contributed by atoms with Crippen LogP contribution in [0.1, 0.15) is 19.4 Å². The number of carbonyl (C=O) groups is 2. The smallest absolute Gasteiger partial charge is 0.243 e. The number of hydrogen-bond acceptors (Lipinski definition) is 4. The fourth-order valence-corrected chi connectivity index (χ4v) is 3.60. The molecule has 0 radical (unpaired) electrons. The molecule has 0 heterocycles. The quantitative estimate of drug-likeness (QED) is 0.649. The maximum atomic E-state index is 11.9. The van der Waals surface area contributed by atoms with Crippen molar-refractivity contribution >= 4 is 61.7 Å². The van der Waals surface area contributed by atoms with E-state index >= 15 is 0 Å². The minimum atomic E-state index is -0.259. The van der Waals surface area contributed by atoms with Crippen LogP contribution in [0.5, 0.6) is 0 Å². The molecule has 24 heavy (non-hydrogen) atoms. The number of amides is 2. The molecule has 0 saturated carbocycles. The van der Waals surface area contributed by atoms with Gasteiger partial charge in [0.2, 0.25) is 11.8 Å². The normalized spacial score (nSPS) is 10.2. The van der Waals surface area contributed by atoms with Crippen LogP contribution in [0.4, 0.5) is 5.69 Å². The largest absolute Gasteiger partial charge is 0.358 e. The SMILES string of the molecule is CCN(CC)C(=S)SCC(=O)NCC(=O)Nc1ccc(Br)cc1C. The van der Waals surface area contributed by atoms with Crippen LogP contribution in [0.2, 0.25) is 0 Å². The molecule has 0 fully saturated rings. The summed E-state index contributed by atoms with van der Waals surface area (Å²) >= 11 is 9.95. The summed E-state index contributed by atoms with van der Waals surface area (Å²) in [5, 5.41) is 5.38. The average molecular weight is 432 g/mol. The van der Waals surface area contributed by atoms with E-state index in [1.54, 1.807) is 0 Å². The molecule has 132 valence electrons. The summed E-state index contributed by atoms with van der Waals surface area (Å²) in [4.78, 5) is 25.7. The third-order valence-corrected chi connectivity index (χ3v) is 5.27. The van der Waals surface area contributed by atoms with Gasteiger partial charge >= 0.3 is 0 Å².